The van der Waals surface area contributed by atoms with E-state index in [4.69, 9.17) is 9.47 Å². The summed E-state index contributed by atoms with van der Waals surface area (Å²) in [5, 5.41) is 6.41. The summed E-state index contributed by atoms with van der Waals surface area (Å²) in [5.41, 5.74) is 2.77. The van der Waals surface area contributed by atoms with E-state index in [0.29, 0.717) is 6.61 Å². The normalized spacial score (nSPS) is 19.8. The lowest BCUT2D eigenvalue weighted by molar-refractivity contribution is -0.130. The van der Waals surface area contributed by atoms with Gasteiger partial charge in [0.2, 0.25) is 0 Å². The molecule has 3 aromatic carbocycles. The Morgan fingerprint density at radius 2 is 1.61 bits per heavy atom. The quantitative estimate of drug-likeness (QED) is 0.608. The van der Waals surface area contributed by atoms with Crippen molar-refractivity contribution < 1.29 is 14.3 Å². The lowest BCUT2D eigenvalue weighted by atomic mass is 10.1. The van der Waals surface area contributed by atoms with Crippen molar-refractivity contribution in [2.24, 2.45) is 0 Å². The number of carbonyl (C=O) groups excluding carboxylic acids is 1. The molecule has 0 aromatic heterocycles. The van der Waals surface area contributed by atoms with Crippen molar-refractivity contribution in [2.75, 3.05) is 12.4 Å². The van der Waals surface area contributed by atoms with Crippen molar-refractivity contribution in [2.45, 2.75) is 24.8 Å². The molecule has 0 spiro atoms. The van der Waals surface area contributed by atoms with Crippen LogP contribution in [-0.2, 0) is 16.1 Å². The topological polar surface area (TPSA) is 59.6 Å². The molecule has 5 heteroatoms. The average molecular weight is 412 g/mol. The molecule has 1 fully saturated rings. The van der Waals surface area contributed by atoms with E-state index in [9.17, 15) is 4.79 Å². The first kappa shape index (κ1) is 20.5. The van der Waals surface area contributed by atoms with Gasteiger partial charge in [-0.1, -0.05) is 60.4 Å². The third-order valence-electron chi connectivity index (χ3n) is 5.08. The van der Waals surface area contributed by atoms with Crippen LogP contribution in [0.3, 0.4) is 0 Å². The number of methoxy groups -OCH3 is 1. The van der Waals surface area contributed by atoms with E-state index in [1.54, 1.807) is 7.11 Å². The minimum Gasteiger partial charge on any atom is -0.497 e. The molecular formula is C26H24N2O3. The van der Waals surface area contributed by atoms with Crippen LogP contribution in [-0.4, -0.2) is 31.2 Å². The number of hydrogen-bond acceptors (Lipinski definition) is 4. The molecule has 0 unspecified atom stereocenters. The molecule has 1 heterocycles. The lowest BCUT2D eigenvalue weighted by Crippen LogP contribution is -2.40. The Kier molecular flexibility index (Phi) is 6.51. The fourth-order valence-electron chi connectivity index (χ4n) is 3.45. The van der Waals surface area contributed by atoms with E-state index in [0.717, 1.165) is 22.6 Å². The number of nitrogens with one attached hydrogen (secondary N) is 2. The van der Waals surface area contributed by atoms with Crippen LogP contribution in [0.25, 0.3) is 0 Å². The SMILES string of the molecule is COc1ccc(N[C@H]2[C@H](C#Cc3ccccc3)NC(=O)[C@@H]2OCc2ccccc2)cc1. The Balaban J connectivity index is 1.55. The van der Waals surface area contributed by atoms with Crippen molar-refractivity contribution in [3.8, 4) is 17.6 Å². The summed E-state index contributed by atoms with van der Waals surface area (Å²) in [4.78, 5) is 12.8. The van der Waals surface area contributed by atoms with Crippen LogP contribution in [0, 0.1) is 11.8 Å². The van der Waals surface area contributed by atoms with Gasteiger partial charge in [-0.3, -0.25) is 4.79 Å². The Hall–Kier alpha value is -3.75. The molecule has 1 saturated heterocycles. The van der Waals surface area contributed by atoms with Gasteiger partial charge in [-0.15, -0.1) is 0 Å². The molecule has 0 aliphatic carbocycles. The highest BCUT2D eigenvalue weighted by molar-refractivity contribution is 5.86. The van der Waals surface area contributed by atoms with Crippen molar-refractivity contribution >= 4 is 11.6 Å². The zero-order valence-corrected chi connectivity index (χ0v) is 17.2. The summed E-state index contributed by atoms with van der Waals surface area (Å²) in [6.07, 6.45) is -0.669. The van der Waals surface area contributed by atoms with E-state index in [-0.39, 0.29) is 11.9 Å². The Bertz CT molecular complexity index is 1060. The second kappa shape index (κ2) is 9.84. The predicted octanol–water partition coefficient (Wildman–Crippen LogP) is 3.61. The number of ether oxygens (including phenoxy) is 2. The Labute approximate surface area is 182 Å². The first-order valence-corrected chi connectivity index (χ1v) is 10.2. The van der Waals surface area contributed by atoms with Crippen LogP contribution in [0.4, 0.5) is 5.69 Å². The molecule has 4 rings (SSSR count). The molecule has 2 N–H and O–H groups in total. The van der Waals surface area contributed by atoms with E-state index in [1.807, 2.05) is 84.9 Å². The van der Waals surface area contributed by atoms with Crippen molar-refractivity contribution in [1.82, 2.24) is 5.32 Å². The second-order valence-electron chi connectivity index (χ2n) is 7.24. The highest BCUT2D eigenvalue weighted by atomic mass is 16.5. The average Bonchev–Trinajstić information content (AvgIpc) is 3.12. The first-order chi connectivity index (χ1) is 15.2. The molecule has 5 nitrogen and oxygen atoms in total. The molecule has 3 aromatic rings. The van der Waals surface area contributed by atoms with Gasteiger partial charge in [-0.2, -0.15) is 0 Å². The summed E-state index contributed by atoms with van der Waals surface area (Å²) in [6.45, 7) is 0.346. The maximum absolute atomic E-state index is 12.8. The first-order valence-electron chi connectivity index (χ1n) is 10.2. The van der Waals surface area contributed by atoms with Gasteiger partial charge in [0.15, 0.2) is 6.10 Å². The molecule has 1 amide bonds. The Morgan fingerprint density at radius 3 is 2.29 bits per heavy atom. The van der Waals surface area contributed by atoms with Crippen LogP contribution in [0.1, 0.15) is 11.1 Å². The lowest BCUT2D eigenvalue weighted by Gasteiger charge is -2.22. The van der Waals surface area contributed by atoms with Gasteiger partial charge in [0.25, 0.3) is 5.91 Å². The maximum atomic E-state index is 12.8. The van der Waals surface area contributed by atoms with Gasteiger partial charge in [0, 0.05) is 11.3 Å². The van der Waals surface area contributed by atoms with Gasteiger partial charge in [-0.05, 0) is 42.0 Å². The van der Waals surface area contributed by atoms with Crippen LogP contribution in [0.2, 0.25) is 0 Å². The summed E-state index contributed by atoms with van der Waals surface area (Å²) < 4.78 is 11.3. The summed E-state index contributed by atoms with van der Waals surface area (Å²) in [6, 6.07) is 26.4. The molecule has 0 bridgehead atoms. The largest absolute Gasteiger partial charge is 0.497 e. The minimum absolute atomic E-state index is 0.172. The molecule has 1 aliphatic rings. The Morgan fingerprint density at radius 1 is 0.935 bits per heavy atom. The number of rotatable bonds is 6. The van der Waals surface area contributed by atoms with Crippen LogP contribution < -0.4 is 15.4 Å². The molecular weight excluding hydrogens is 388 g/mol. The smallest absolute Gasteiger partial charge is 0.252 e. The number of benzene rings is 3. The fraction of sp³-hybridized carbons (Fsp3) is 0.192. The maximum Gasteiger partial charge on any atom is 0.252 e. The number of hydrogen-bond donors (Lipinski definition) is 2. The van der Waals surface area contributed by atoms with Crippen LogP contribution in [0.15, 0.2) is 84.9 Å². The highest BCUT2D eigenvalue weighted by Gasteiger charge is 2.42. The molecule has 0 radical (unpaired) electrons. The third-order valence-corrected chi connectivity index (χ3v) is 5.08. The predicted molar refractivity (Wildman–Crippen MR) is 121 cm³/mol. The van der Waals surface area contributed by atoms with Crippen LogP contribution >= 0.6 is 0 Å². The zero-order valence-electron chi connectivity index (χ0n) is 17.2. The van der Waals surface area contributed by atoms with Gasteiger partial charge in [-0.25, -0.2) is 0 Å². The van der Waals surface area contributed by atoms with E-state index in [2.05, 4.69) is 22.5 Å². The monoisotopic (exact) mass is 412 g/mol. The van der Waals surface area contributed by atoms with Crippen molar-refractivity contribution in [1.29, 1.82) is 0 Å². The molecule has 3 atom stereocenters. The van der Waals surface area contributed by atoms with Crippen molar-refractivity contribution in [3.05, 3.63) is 96.1 Å². The highest BCUT2D eigenvalue weighted by Crippen LogP contribution is 2.22. The molecule has 156 valence electrons. The van der Waals surface area contributed by atoms with Gasteiger partial charge >= 0.3 is 0 Å². The van der Waals surface area contributed by atoms with Crippen molar-refractivity contribution in [3.63, 3.8) is 0 Å². The number of amides is 1. The van der Waals surface area contributed by atoms with Gasteiger partial charge in [0.1, 0.15) is 11.8 Å². The minimum atomic E-state index is -0.669. The number of carbonyl (C=O) groups is 1. The van der Waals surface area contributed by atoms with Gasteiger partial charge < -0.3 is 20.1 Å². The summed E-state index contributed by atoms with van der Waals surface area (Å²) in [7, 11) is 1.63. The van der Waals surface area contributed by atoms with E-state index in [1.165, 1.54) is 0 Å². The summed E-state index contributed by atoms with van der Waals surface area (Å²) >= 11 is 0. The molecule has 1 aliphatic heterocycles. The third kappa shape index (κ3) is 5.25. The van der Waals surface area contributed by atoms with Crippen LogP contribution in [0.5, 0.6) is 5.75 Å². The summed E-state index contributed by atoms with van der Waals surface area (Å²) in [5.74, 6) is 6.95. The van der Waals surface area contributed by atoms with Gasteiger partial charge in [0.05, 0.1) is 19.8 Å². The standard InChI is InChI=1S/C26H24N2O3/c1-30-22-15-13-21(14-16-22)27-24-23(17-12-19-8-4-2-5-9-19)28-26(29)25(24)31-18-20-10-6-3-7-11-20/h2-11,13-16,23-25,27H,18H2,1H3,(H,28,29)/t23-,24-,25+/m0/s1. The second-order valence-corrected chi connectivity index (χ2v) is 7.24. The van der Waals surface area contributed by atoms with E-state index >= 15 is 0 Å². The number of anilines is 1. The molecule has 31 heavy (non-hydrogen) atoms. The van der Waals surface area contributed by atoms with E-state index < -0.39 is 12.1 Å². The molecule has 0 saturated carbocycles. The zero-order chi connectivity index (χ0) is 21.5. The fourth-order valence-corrected chi connectivity index (χ4v) is 3.45.